The average molecular weight is 382 g/mol. The molecule has 2 heterocycles. The Hall–Kier alpha value is -3.20. The molecule has 0 radical (unpaired) electrons. The van der Waals surface area contributed by atoms with E-state index in [0.29, 0.717) is 0 Å². The molecule has 0 aliphatic carbocycles. The van der Waals surface area contributed by atoms with E-state index in [-0.39, 0.29) is 0 Å². The van der Waals surface area contributed by atoms with Gasteiger partial charge in [-0.25, -0.2) is 0 Å². The quantitative estimate of drug-likeness (QED) is 0.534. The smallest absolute Gasteiger partial charge is 0.0480 e. The number of anilines is 3. The number of hydrogen-bond donors (Lipinski definition) is 2. The Balaban J connectivity index is 1.41. The zero-order valence-corrected chi connectivity index (χ0v) is 16.7. The lowest BCUT2D eigenvalue weighted by atomic mass is 10.0. The summed E-state index contributed by atoms with van der Waals surface area (Å²) in [5.74, 6) is 0. The van der Waals surface area contributed by atoms with Gasteiger partial charge in [0.2, 0.25) is 0 Å². The first-order valence-electron chi connectivity index (χ1n) is 10.7. The summed E-state index contributed by atoms with van der Waals surface area (Å²) in [5.41, 5.74) is 5.86. The number of nitrogens with one attached hydrogen (secondary N) is 2. The molecule has 0 aromatic heterocycles. The minimum absolute atomic E-state index is 1.11. The topological polar surface area (TPSA) is 27.3 Å². The maximum Gasteiger partial charge on any atom is 0.0480 e. The van der Waals surface area contributed by atoms with Crippen molar-refractivity contribution in [1.29, 1.82) is 0 Å². The van der Waals surface area contributed by atoms with Crippen LogP contribution < -0.4 is 15.5 Å². The van der Waals surface area contributed by atoms with Gasteiger partial charge < -0.3 is 15.5 Å². The van der Waals surface area contributed by atoms with Gasteiger partial charge in [0.05, 0.1) is 0 Å². The van der Waals surface area contributed by atoms with Crippen LogP contribution in [0.3, 0.4) is 0 Å². The molecular weight excluding hydrogens is 354 g/mol. The summed E-state index contributed by atoms with van der Waals surface area (Å²) >= 11 is 0. The van der Waals surface area contributed by atoms with Gasteiger partial charge >= 0.3 is 0 Å². The van der Waals surface area contributed by atoms with Crippen molar-refractivity contribution < 1.29 is 0 Å². The minimum atomic E-state index is 1.11. The fourth-order valence-electron chi connectivity index (χ4n) is 4.30. The normalized spacial score (nSPS) is 16.4. The van der Waals surface area contributed by atoms with Crippen LogP contribution in [0.5, 0.6) is 0 Å². The van der Waals surface area contributed by atoms with Gasteiger partial charge in [-0.3, -0.25) is 0 Å². The van der Waals surface area contributed by atoms with E-state index in [1.165, 1.54) is 60.8 Å². The molecule has 0 bridgehead atoms. The van der Waals surface area contributed by atoms with Gasteiger partial charge in [0.15, 0.2) is 0 Å². The zero-order chi connectivity index (χ0) is 19.5. The molecule has 0 amide bonds. The summed E-state index contributed by atoms with van der Waals surface area (Å²) in [6.45, 7) is 2.35. The Kier molecular flexibility index (Phi) is 4.95. The fourth-order valence-corrected chi connectivity index (χ4v) is 4.30. The Labute approximate surface area is 172 Å². The Morgan fingerprint density at radius 2 is 1.52 bits per heavy atom. The van der Waals surface area contributed by atoms with E-state index >= 15 is 0 Å². The molecule has 0 atom stereocenters. The lowest BCUT2D eigenvalue weighted by Crippen LogP contribution is -2.23. The third-order valence-electron chi connectivity index (χ3n) is 5.89. The number of hydrogen-bond acceptors (Lipinski definition) is 3. The molecule has 0 saturated carbocycles. The SMILES string of the molecule is C1=CNc2cc3ccccc3cc2C(Nc2ccc(N3CCCCCC3)cc2)=C1. The van der Waals surface area contributed by atoms with Gasteiger partial charge in [-0.15, -0.1) is 0 Å². The first kappa shape index (κ1) is 17.9. The van der Waals surface area contributed by atoms with Crippen molar-refractivity contribution in [2.24, 2.45) is 0 Å². The minimum Gasteiger partial charge on any atom is -0.372 e. The Bertz CT molecular complexity index is 1060. The fraction of sp³-hybridized carbons (Fsp3) is 0.231. The Morgan fingerprint density at radius 3 is 2.28 bits per heavy atom. The van der Waals surface area contributed by atoms with Crippen molar-refractivity contribution >= 4 is 33.5 Å². The van der Waals surface area contributed by atoms with Crippen molar-refractivity contribution in [2.75, 3.05) is 28.6 Å². The predicted octanol–water partition coefficient (Wildman–Crippen LogP) is 6.61. The molecule has 3 heteroatoms. The second-order valence-corrected chi connectivity index (χ2v) is 7.90. The number of benzene rings is 3. The van der Waals surface area contributed by atoms with Crippen LogP contribution in [0.4, 0.5) is 17.1 Å². The van der Waals surface area contributed by atoms with Crippen LogP contribution in [0.1, 0.15) is 31.2 Å². The largest absolute Gasteiger partial charge is 0.372 e. The molecule has 2 N–H and O–H groups in total. The van der Waals surface area contributed by atoms with Crippen molar-refractivity contribution in [3.8, 4) is 0 Å². The second-order valence-electron chi connectivity index (χ2n) is 7.90. The first-order valence-corrected chi connectivity index (χ1v) is 10.7. The van der Waals surface area contributed by atoms with Crippen molar-refractivity contribution in [3.05, 3.63) is 84.6 Å². The molecule has 0 spiro atoms. The molecule has 3 aromatic carbocycles. The van der Waals surface area contributed by atoms with Crippen molar-refractivity contribution in [1.82, 2.24) is 0 Å². The molecule has 2 aliphatic heterocycles. The first-order chi connectivity index (χ1) is 14.4. The third-order valence-corrected chi connectivity index (χ3v) is 5.89. The van der Waals surface area contributed by atoms with E-state index in [0.717, 1.165) is 17.1 Å². The number of nitrogens with zero attached hydrogens (tertiary/aromatic N) is 1. The van der Waals surface area contributed by atoms with Crippen LogP contribution in [0.15, 0.2) is 79.0 Å². The Morgan fingerprint density at radius 1 is 0.793 bits per heavy atom. The molecule has 1 fully saturated rings. The van der Waals surface area contributed by atoms with E-state index in [2.05, 4.69) is 88.3 Å². The highest BCUT2D eigenvalue weighted by atomic mass is 15.1. The van der Waals surface area contributed by atoms with Crippen LogP contribution in [-0.4, -0.2) is 13.1 Å². The van der Waals surface area contributed by atoms with Gasteiger partial charge in [-0.2, -0.15) is 0 Å². The van der Waals surface area contributed by atoms with Gasteiger partial charge in [-0.1, -0.05) is 37.1 Å². The van der Waals surface area contributed by atoms with E-state index in [9.17, 15) is 0 Å². The number of fused-ring (bicyclic) bond motifs is 2. The van der Waals surface area contributed by atoms with Gasteiger partial charge in [0, 0.05) is 47.6 Å². The van der Waals surface area contributed by atoms with Crippen LogP contribution in [-0.2, 0) is 0 Å². The standard InChI is InChI=1S/C26H27N3/c1-2-6-17-29(16-5-1)23-13-11-22(12-14-23)28-25-10-7-15-27-26-19-21-9-4-3-8-20(21)18-24(25)26/h3-4,7-15,18-19,27-28H,1-2,5-6,16-17H2. The molecule has 29 heavy (non-hydrogen) atoms. The summed E-state index contributed by atoms with van der Waals surface area (Å²) in [7, 11) is 0. The predicted molar refractivity (Wildman–Crippen MR) is 125 cm³/mol. The van der Waals surface area contributed by atoms with Gasteiger partial charge in [-0.05, 0) is 72.2 Å². The lowest BCUT2D eigenvalue weighted by molar-refractivity contribution is 0.726. The third kappa shape index (κ3) is 3.86. The molecule has 3 aromatic rings. The van der Waals surface area contributed by atoms with Crippen molar-refractivity contribution in [3.63, 3.8) is 0 Å². The zero-order valence-electron chi connectivity index (χ0n) is 16.7. The molecule has 146 valence electrons. The van der Waals surface area contributed by atoms with E-state index < -0.39 is 0 Å². The molecule has 5 rings (SSSR count). The van der Waals surface area contributed by atoms with E-state index in [4.69, 9.17) is 0 Å². The molecule has 0 unspecified atom stereocenters. The highest BCUT2D eigenvalue weighted by Crippen LogP contribution is 2.32. The van der Waals surface area contributed by atoms with Crippen LogP contribution in [0.25, 0.3) is 16.5 Å². The number of rotatable bonds is 3. The summed E-state index contributed by atoms with van der Waals surface area (Å²) in [5, 5.41) is 9.54. The second kappa shape index (κ2) is 8.04. The molecule has 2 aliphatic rings. The van der Waals surface area contributed by atoms with E-state index in [1.54, 1.807) is 0 Å². The molecule has 1 saturated heterocycles. The summed E-state index contributed by atoms with van der Waals surface area (Å²) < 4.78 is 0. The van der Waals surface area contributed by atoms with Crippen molar-refractivity contribution in [2.45, 2.75) is 25.7 Å². The summed E-state index contributed by atoms with van der Waals surface area (Å²) in [6.07, 6.45) is 11.5. The van der Waals surface area contributed by atoms with Crippen LogP contribution >= 0.6 is 0 Å². The monoisotopic (exact) mass is 381 g/mol. The number of allylic oxidation sites excluding steroid dienone is 2. The summed E-state index contributed by atoms with van der Waals surface area (Å²) in [6, 6.07) is 21.9. The maximum absolute atomic E-state index is 3.64. The molecular formula is C26H27N3. The average Bonchev–Trinajstić information content (AvgIpc) is 3.14. The van der Waals surface area contributed by atoms with Crippen LogP contribution in [0, 0.1) is 0 Å². The highest BCUT2D eigenvalue weighted by molar-refractivity contribution is 5.95. The maximum atomic E-state index is 3.64. The molecule has 3 nitrogen and oxygen atoms in total. The highest BCUT2D eigenvalue weighted by Gasteiger charge is 2.13. The van der Waals surface area contributed by atoms with Gasteiger partial charge in [0.25, 0.3) is 0 Å². The summed E-state index contributed by atoms with van der Waals surface area (Å²) in [4.78, 5) is 2.52. The van der Waals surface area contributed by atoms with Gasteiger partial charge in [0.1, 0.15) is 0 Å². The van der Waals surface area contributed by atoms with E-state index in [1.807, 2.05) is 6.20 Å². The van der Waals surface area contributed by atoms with Crippen LogP contribution in [0.2, 0.25) is 0 Å². The lowest BCUT2D eigenvalue weighted by Gasteiger charge is -2.23.